The summed E-state index contributed by atoms with van der Waals surface area (Å²) in [6.07, 6.45) is 0. The van der Waals surface area contributed by atoms with Crippen LogP contribution in [-0.2, 0) is 0 Å². The molecular weight excluding hydrogens is 402 g/mol. The molecule has 1 amide bonds. The second-order valence-electron chi connectivity index (χ2n) is 4.15. The smallest absolute Gasteiger partial charge is 0.255 e. The maximum Gasteiger partial charge on any atom is 0.255 e. The van der Waals surface area contributed by atoms with E-state index in [4.69, 9.17) is 9.47 Å². The number of halogens is 2. The molecule has 0 saturated carbocycles. The Kier molecular flexibility index (Phi) is 5.25. The predicted octanol–water partition coefficient (Wildman–Crippen LogP) is 4.48. The van der Waals surface area contributed by atoms with Crippen molar-refractivity contribution in [3.8, 4) is 11.5 Å². The van der Waals surface area contributed by atoms with E-state index in [-0.39, 0.29) is 5.91 Å². The maximum absolute atomic E-state index is 12.2. The molecule has 0 unspecified atom stereocenters. The summed E-state index contributed by atoms with van der Waals surface area (Å²) in [6, 6.07) is 10.5. The summed E-state index contributed by atoms with van der Waals surface area (Å²) in [5.41, 5.74) is 1.22. The molecule has 0 atom stereocenters. The Labute approximate surface area is 139 Å². The number of anilines is 1. The van der Waals surface area contributed by atoms with E-state index in [0.717, 1.165) is 8.95 Å². The van der Waals surface area contributed by atoms with Crippen molar-refractivity contribution in [1.82, 2.24) is 0 Å². The molecule has 0 aliphatic rings. The Morgan fingerprint density at radius 3 is 2.05 bits per heavy atom. The summed E-state index contributed by atoms with van der Waals surface area (Å²) >= 11 is 6.75. The molecule has 0 fully saturated rings. The Hall–Kier alpha value is -1.53. The van der Waals surface area contributed by atoms with E-state index >= 15 is 0 Å². The number of methoxy groups -OCH3 is 2. The Bertz CT molecular complexity index is 674. The zero-order valence-electron chi connectivity index (χ0n) is 11.4. The average molecular weight is 415 g/mol. The molecular formula is C15H13Br2NO3. The number of nitrogens with one attached hydrogen (secondary N) is 1. The Morgan fingerprint density at radius 2 is 1.52 bits per heavy atom. The normalized spacial score (nSPS) is 10.1. The van der Waals surface area contributed by atoms with Crippen molar-refractivity contribution >= 4 is 43.5 Å². The first-order chi connectivity index (χ1) is 10.0. The molecule has 21 heavy (non-hydrogen) atoms. The number of carbonyl (C=O) groups is 1. The first-order valence-corrected chi connectivity index (χ1v) is 7.62. The van der Waals surface area contributed by atoms with Gasteiger partial charge in [-0.1, -0.05) is 0 Å². The van der Waals surface area contributed by atoms with E-state index in [2.05, 4.69) is 37.2 Å². The summed E-state index contributed by atoms with van der Waals surface area (Å²) in [5, 5.41) is 2.83. The fourth-order valence-corrected chi connectivity index (χ4v) is 2.84. The van der Waals surface area contributed by atoms with Gasteiger partial charge in [0.05, 0.1) is 23.2 Å². The van der Waals surface area contributed by atoms with Crippen molar-refractivity contribution < 1.29 is 14.3 Å². The van der Waals surface area contributed by atoms with Crippen molar-refractivity contribution in [3.63, 3.8) is 0 Å². The van der Waals surface area contributed by atoms with E-state index in [1.165, 1.54) is 0 Å². The molecule has 0 spiro atoms. The molecule has 0 aromatic heterocycles. The second kappa shape index (κ2) is 6.95. The molecule has 4 nitrogen and oxygen atoms in total. The van der Waals surface area contributed by atoms with Gasteiger partial charge in [-0.25, -0.2) is 0 Å². The molecule has 1 N–H and O–H groups in total. The van der Waals surface area contributed by atoms with Gasteiger partial charge in [0, 0.05) is 11.3 Å². The fraction of sp³-hybridized carbons (Fsp3) is 0.133. The van der Waals surface area contributed by atoms with Crippen molar-refractivity contribution in [2.75, 3.05) is 19.5 Å². The van der Waals surface area contributed by atoms with Gasteiger partial charge < -0.3 is 14.8 Å². The van der Waals surface area contributed by atoms with Crippen molar-refractivity contribution in [3.05, 3.63) is 50.9 Å². The summed E-state index contributed by atoms with van der Waals surface area (Å²) in [5.74, 6) is 1.19. The third-order valence-corrected chi connectivity index (χ3v) is 4.06. The van der Waals surface area contributed by atoms with E-state index in [9.17, 15) is 4.79 Å². The SMILES string of the molecule is COc1ccc(NC(=O)c2ccc(OC)c(Br)c2)cc1Br. The largest absolute Gasteiger partial charge is 0.496 e. The van der Waals surface area contributed by atoms with Crippen LogP contribution < -0.4 is 14.8 Å². The fourth-order valence-electron chi connectivity index (χ4n) is 1.76. The highest BCUT2D eigenvalue weighted by Crippen LogP contribution is 2.29. The molecule has 0 bridgehead atoms. The predicted molar refractivity (Wildman–Crippen MR) is 89.3 cm³/mol. The van der Waals surface area contributed by atoms with Gasteiger partial charge in [0.2, 0.25) is 0 Å². The van der Waals surface area contributed by atoms with Crippen LogP contribution in [0.15, 0.2) is 45.3 Å². The summed E-state index contributed by atoms with van der Waals surface area (Å²) in [4.78, 5) is 12.2. The molecule has 0 aliphatic heterocycles. The highest BCUT2D eigenvalue weighted by Gasteiger charge is 2.10. The quantitative estimate of drug-likeness (QED) is 0.802. The lowest BCUT2D eigenvalue weighted by Crippen LogP contribution is -2.12. The van der Waals surface area contributed by atoms with Crippen LogP contribution in [0.25, 0.3) is 0 Å². The number of hydrogen-bond acceptors (Lipinski definition) is 3. The van der Waals surface area contributed by atoms with Crippen LogP contribution in [0.5, 0.6) is 11.5 Å². The molecule has 0 saturated heterocycles. The monoisotopic (exact) mass is 413 g/mol. The van der Waals surface area contributed by atoms with Crippen LogP contribution >= 0.6 is 31.9 Å². The third-order valence-electron chi connectivity index (χ3n) is 2.82. The minimum absolute atomic E-state index is 0.199. The van der Waals surface area contributed by atoms with Gasteiger partial charge in [0.25, 0.3) is 5.91 Å². The van der Waals surface area contributed by atoms with Crippen LogP contribution in [0, 0.1) is 0 Å². The summed E-state index contributed by atoms with van der Waals surface area (Å²) in [6.45, 7) is 0. The van der Waals surface area contributed by atoms with Gasteiger partial charge in [-0.2, -0.15) is 0 Å². The van der Waals surface area contributed by atoms with E-state index in [0.29, 0.717) is 22.7 Å². The molecule has 2 rings (SSSR count). The second-order valence-corrected chi connectivity index (χ2v) is 5.86. The van der Waals surface area contributed by atoms with E-state index in [1.54, 1.807) is 50.6 Å². The Morgan fingerprint density at radius 1 is 0.952 bits per heavy atom. The van der Waals surface area contributed by atoms with Gasteiger partial charge in [0.1, 0.15) is 11.5 Å². The van der Waals surface area contributed by atoms with E-state index in [1.807, 2.05) is 0 Å². The molecule has 0 heterocycles. The van der Waals surface area contributed by atoms with Crippen LogP contribution in [0.1, 0.15) is 10.4 Å². The zero-order chi connectivity index (χ0) is 15.4. The highest BCUT2D eigenvalue weighted by molar-refractivity contribution is 9.10. The Balaban J connectivity index is 2.18. The summed E-state index contributed by atoms with van der Waals surface area (Å²) < 4.78 is 11.8. The maximum atomic E-state index is 12.2. The minimum atomic E-state index is -0.199. The molecule has 2 aromatic rings. The van der Waals surface area contributed by atoms with Gasteiger partial charge in [0.15, 0.2) is 0 Å². The third kappa shape index (κ3) is 3.77. The summed E-state index contributed by atoms with van der Waals surface area (Å²) in [7, 11) is 3.17. The van der Waals surface area contributed by atoms with Crippen LogP contribution in [0.3, 0.4) is 0 Å². The number of carbonyl (C=O) groups excluding carboxylic acids is 1. The number of amides is 1. The molecule has 110 valence electrons. The molecule has 2 aromatic carbocycles. The first-order valence-electron chi connectivity index (χ1n) is 6.03. The molecule has 6 heteroatoms. The van der Waals surface area contributed by atoms with Crippen molar-refractivity contribution in [2.24, 2.45) is 0 Å². The van der Waals surface area contributed by atoms with Gasteiger partial charge in [-0.05, 0) is 68.3 Å². The van der Waals surface area contributed by atoms with Crippen LogP contribution in [-0.4, -0.2) is 20.1 Å². The topological polar surface area (TPSA) is 47.6 Å². The number of ether oxygens (including phenoxy) is 2. The lowest BCUT2D eigenvalue weighted by atomic mass is 10.2. The lowest BCUT2D eigenvalue weighted by Gasteiger charge is -2.09. The first kappa shape index (κ1) is 15.9. The van der Waals surface area contributed by atoms with Gasteiger partial charge in [-0.15, -0.1) is 0 Å². The average Bonchev–Trinajstić information content (AvgIpc) is 2.47. The van der Waals surface area contributed by atoms with Gasteiger partial charge in [-0.3, -0.25) is 4.79 Å². The van der Waals surface area contributed by atoms with Gasteiger partial charge >= 0.3 is 0 Å². The molecule has 0 radical (unpaired) electrons. The van der Waals surface area contributed by atoms with Crippen molar-refractivity contribution in [1.29, 1.82) is 0 Å². The number of rotatable bonds is 4. The lowest BCUT2D eigenvalue weighted by molar-refractivity contribution is 0.102. The minimum Gasteiger partial charge on any atom is -0.496 e. The molecule has 0 aliphatic carbocycles. The standard InChI is InChI=1S/C15H13Br2NO3/c1-20-13-5-3-9(7-11(13)16)15(19)18-10-4-6-14(21-2)12(17)8-10/h3-8H,1-2H3,(H,18,19). The van der Waals surface area contributed by atoms with E-state index < -0.39 is 0 Å². The van der Waals surface area contributed by atoms with Crippen LogP contribution in [0.4, 0.5) is 5.69 Å². The number of benzene rings is 2. The zero-order valence-corrected chi connectivity index (χ0v) is 14.6. The van der Waals surface area contributed by atoms with Crippen LogP contribution in [0.2, 0.25) is 0 Å². The number of hydrogen-bond donors (Lipinski definition) is 1. The van der Waals surface area contributed by atoms with Crippen molar-refractivity contribution in [2.45, 2.75) is 0 Å². The highest BCUT2D eigenvalue weighted by atomic mass is 79.9.